The molecule has 1 heterocycles. The van der Waals surface area contributed by atoms with Crippen molar-refractivity contribution in [2.45, 2.75) is 58.3 Å². The first kappa shape index (κ1) is 13.9. The van der Waals surface area contributed by atoms with Crippen molar-refractivity contribution in [2.75, 3.05) is 0 Å². The van der Waals surface area contributed by atoms with Gasteiger partial charge >= 0.3 is 11.9 Å². The maximum Gasteiger partial charge on any atom is 0.317 e. The predicted molar refractivity (Wildman–Crippen MR) is 66.3 cm³/mol. The summed E-state index contributed by atoms with van der Waals surface area (Å²) in [6, 6.07) is 0. The van der Waals surface area contributed by atoms with E-state index in [4.69, 9.17) is 0 Å². The normalized spacial score (nSPS) is 20.2. The van der Waals surface area contributed by atoms with E-state index in [1.165, 1.54) is 32.1 Å². The summed E-state index contributed by atoms with van der Waals surface area (Å²) < 4.78 is 4.48. The Kier molecular flexibility index (Phi) is 6.60. The van der Waals surface area contributed by atoms with Crippen LogP contribution in [0.3, 0.4) is 0 Å². The third-order valence-electron chi connectivity index (χ3n) is 3.02. The molecule has 0 aromatic rings. The van der Waals surface area contributed by atoms with E-state index in [0.29, 0.717) is 6.42 Å². The Morgan fingerprint density at radius 1 is 1.18 bits per heavy atom. The van der Waals surface area contributed by atoms with Crippen LogP contribution in [0.25, 0.3) is 0 Å². The monoisotopic (exact) mass is 238 g/mol. The quantitative estimate of drug-likeness (QED) is 0.282. The molecule has 3 heteroatoms. The Balaban J connectivity index is 2.02. The summed E-state index contributed by atoms with van der Waals surface area (Å²) in [7, 11) is 0. The summed E-state index contributed by atoms with van der Waals surface area (Å²) >= 11 is 0. The number of ether oxygens (including phenoxy) is 1. The van der Waals surface area contributed by atoms with Crippen LogP contribution in [0.2, 0.25) is 0 Å². The molecule has 1 atom stereocenters. The van der Waals surface area contributed by atoms with Gasteiger partial charge in [-0.2, -0.15) is 0 Å². The molecular formula is C14H22O3. The van der Waals surface area contributed by atoms with E-state index in [1.807, 2.05) is 6.08 Å². The van der Waals surface area contributed by atoms with Crippen molar-refractivity contribution in [3.05, 3.63) is 12.2 Å². The summed E-state index contributed by atoms with van der Waals surface area (Å²) in [5.74, 6) is -0.977. The number of carbonyl (C=O) groups is 2. The zero-order valence-corrected chi connectivity index (χ0v) is 10.6. The van der Waals surface area contributed by atoms with E-state index < -0.39 is 0 Å². The molecule has 1 aliphatic heterocycles. The van der Waals surface area contributed by atoms with Crippen molar-refractivity contribution in [3.8, 4) is 0 Å². The Bertz CT molecular complexity index is 281. The first-order valence-corrected chi connectivity index (χ1v) is 6.63. The molecule has 3 nitrogen and oxygen atoms in total. The summed E-state index contributed by atoms with van der Waals surface area (Å²) in [4.78, 5) is 22.0. The van der Waals surface area contributed by atoms with Gasteiger partial charge in [0.15, 0.2) is 0 Å². The van der Waals surface area contributed by atoms with Gasteiger partial charge in [-0.1, -0.05) is 44.8 Å². The number of unbranched alkanes of at least 4 members (excludes halogenated alkanes) is 5. The van der Waals surface area contributed by atoms with Crippen LogP contribution in [-0.2, 0) is 14.3 Å². The number of rotatable bonds is 8. The first-order chi connectivity index (χ1) is 8.24. The van der Waals surface area contributed by atoms with Crippen molar-refractivity contribution in [3.63, 3.8) is 0 Å². The number of esters is 2. The number of cyclic esters (lactones) is 2. The minimum Gasteiger partial charge on any atom is -0.393 e. The standard InChI is InChI=1S/C14H22O3/c1-2-3-4-5-6-7-8-9-10-12-11-13(15)17-14(12)16/h8-9,12H,2-7,10-11H2,1H3/b9-8+/t12-/m1/s1. The lowest BCUT2D eigenvalue weighted by molar-refractivity contribution is -0.153. The molecule has 0 aromatic carbocycles. The molecule has 0 saturated carbocycles. The molecule has 1 saturated heterocycles. The smallest absolute Gasteiger partial charge is 0.317 e. The SMILES string of the molecule is CCCCCCC/C=C/C[C@@H]1CC(=O)OC1=O. The summed E-state index contributed by atoms with van der Waals surface area (Å²) in [6.45, 7) is 2.21. The lowest BCUT2D eigenvalue weighted by Gasteiger charge is -1.98. The average Bonchev–Trinajstić information content (AvgIpc) is 2.61. The lowest BCUT2D eigenvalue weighted by atomic mass is 10.0. The second-order valence-electron chi connectivity index (χ2n) is 4.60. The van der Waals surface area contributed by atoms with Gasteiger partial charge < -0.3 is 4.74 Å². The number of allylic oxidation sites excluding steroid dienone is 2. The molecule has 0 N–H and O–H groups in total. The molecule has 0 spiro atoms. The summed E-state index contributed by atoms with van der Waals surface area (Å²) in [5.41, 5.74) is 0. The van der Waals surface area contributed by atoms with Crippen LogP contribution in [0.4, 0.5) is 0 Å². The van der Waals surface area contributed by atoms with Crippen LogP contribution < -0.4 is 0 Å². The van der Waals surface area contributed by atoms with Gasteiger partial charge in [0.25, 0.3) is 0 Å². The van der Waals surface area contributed by atoms with Crippen molar-refractivity contribution < 1.29 is 14.3 Å². The van der Waals surface area contributed by atoms with Gasteiger partial charge in [-0.15, -0.1) is 0 Å². The van der Waals surface area contributed by atoms with E-state index in [1.54, 1.807) is 0 Å². The highest BCUT2D eigenvalue weighted by atomic mass is 16.6. The molecular weight excluding hydrogens is 216 g/mol. The molecule has 1 aliphatic rings. The Hall–Kier alpha value is -1.12. The minimum atomic E-state index is -0.382. The van der Waals surface area contributed by atoms with Crippen LogP contribution in [0, 0.1) is 5.92 Å². The molecule has 0 amide bonds. The van der Waals surface area contributed by atoms with Crippen LogP contribution in [0.5, 0.6) is 0 Å². The molecule has 0 aromatic heterocycles. The lowest BCUT2D eigenvalue weighted by Crippen LogP contribution is -2.05. The van der Waals surface area contributed by atoms with Crippen molar-refractivity contribution >= 4 is 11.9 Å². The summed E-state index contributed by atoms with van der Waals surface area (Å²) in [6.07, 6.45) is 12.5. The van der Waals surface area contributed by atoms with E-state index in [0.717, 1.165) is 6.42 Å². The van der Waals surface area contributed by atoms with Gasteiger partial charge in [0.05, 0.1) is 12.3 Å². The Morgan fingerprint density at radius 2 is 1.94 bits per heavy atom. The topological polar surface area (TPSA) is 43.4 Å². The maximum absolute atomic E-state index is 11.1. The van der Waals surface area contributed by atoms with Crippen LogP contribution in [0.1, 0.15) is 58.3 Å². The third kappa shape index (κ3) is 5.66. The van der Waals surface area contributed by atoms with E-state index in [-0.39, 0.29) is 24.3 Å². The van der Waals surface area contributed by atoms with Crippen LogP contribution in [-0.4, -0.2) is 11.9 Å². The van der Waals surface area contributed by atoms with Crippen molar-refractivity contribution in [2.24, 2.45) is 5.92 Å². The fourth-order valence-electron chi connectivity index (χ4n) is 1.95. The highest BCUT2D eigenvalue weighted by Gasteiger charge is 2.31. The second-order valence-corrected chi connectivity index (χ2v) is 4.60. The number of hydrogen-bond donors (Lipinski definition) is 0. The second kappa shape index (κ2) is 8.04. The summed E-state index contributed by atoms with van der Waals surface area (Å²) in [5, 5.41) is 0. The molecule has 17 heavy (non-hydrogen) atoms. The molecule has 0 aliphatic carbocycles. The van der Waals surface area contributed by atoms with Gasteiger partial charge in [-0.25, -0.2) is 0 Å². The molecule has 0 bridgehead atoms. The fourth-order valence-corrected chi connectivity index (χ4v) is 1.95. The molecule has 1 rings (SSSR count). The van der Waals surface area contributed by atoms with Crippen LogP contribution >= 0.6 is 0 Å². The minimum absolute atomic E-state index is 0.237. The maximum atomic E-state index is 11.1. The van der Waals surface area contributed by atoms with Crippen molar-refractivity contribution in [1.82, 2.24) is 0 Å². The Labute approximate surface area is 103 Å². The van der Waals surface area contributed by atoms with Gasteiger partial charge in [0, 0.05) is 0 Å². The van der Waals surface area contributed by atoms with Gasteiger partial charge in [0.2, 0.25) is 0 Å². The molecule has 96 valence electrons. The zero-order valence-electron chi connectivity index (χ0n) is 10.6. The average molecular weight is 238 g/mol. The zero-order chi connectivity index (χ0) is 12.5. The molecule has 0 unspecified atom stereocenters. The number of carbonyl (C=O) groups excluding carboxylic acids is 2. The van der Waals surface area contributed by atoms with Crippen molar-refractivity contribution in [1.29, 1.82) is 0 Å². The van der Waals surface area contributed by atoms with Gasteiger partial charge in [0.1, 0.15) is 0 Å². The molecule has 0 radical (unpaired) electrons. The van der Waals surface area contributed by atoms with Crippen LogP contribution in [0.15, 0.2) is 12.2 Å². The molecule has 1 fully saturated rings. The van der Waals surface area contributed by atoms with Gasteiger partial charge in [-0.05, 0) is 19.3 Å². The highest BCUT2D eigenvalue weighted by molar-refractivity contribution is 5.94. The first-order valence-electron chi connectivity index (χ1n) is 6.63. The van der Waals surface area contributed by atoms with E-state index in [9.17, 15) is 9.59 Å². The largest absolute Gasteiger partial charge is 0.393 e. The number of hydrogen-bond acceptors (Lipinski definition) is 3. The predicted octanol–water partition coefficient (Wildman–Crippen LogP) is 3.38. The highest BCUT2D eigenvalue weighted by Crippen LogP contribution is 2.19. The Morgan fingerprint density at radius 3 is 2.59 bits per heavy atom. The van der Waals surface area contributed by atoms with E-state index >= 15 is 0 Å². The fraction of sp³-hybridized carbons (Fsp3) is 0.714. The van der Waals surface area contributed by atoms with Gasteiger partial charge in [-0.3, -0.25) is 9.59 Å². The third-order valence-corrected chi connectivity index (χ3v) is 3.02. The van der Waals surface area contributed by atoms with E-state index in [2.05, 4.69) is 17.7 Å².